The maximum Gasteiger partial charge on any atom is 0.122 e. The molecule has 0 amide bonds. The molecule has 1 aromatic carbocycles. The quantitative estimate of drug-likeness (QED) is 0.664. The maximum atomic E-state index is 7.47. The first-order chi connectivity index (χ1) is 10.1. The molecule has 4 nitrogen and oxygen atoms in total. The molecule has 2 fully saturated rings. The molecule has 0 bridgehead atoms. The summed E-state index contributed by atoms with van der Waals surface area (Å²) in [5.74, 6) is 0.125. The van der Waals surface area contributed by atoms with Gasteiger partial charge in [0.2, 0.25) is 0 Å². The summed E-state index contributed by atoms with van der Waals surface area (Å²) < 4.78 is 6.12. The predicted molar refractivity (Wildman–Crippen MR) is 86.0 cm³/mol. The topological polar surface area (TPSA) is 62.3 Å². The van der Waals surface area contributed by atoms with Gasteiger partial charge in [-0.2, -0.15) is 0 Å². The summed E-state index contributed by atoms with van der Waals surface area (Å²) >= 11 is 0. The zero-order valence-electron chi connectivity index (χ0n) is 12.8. The van der Waals surface area contributed by atoms with Gasteiger partial charge in [0, 0.05) is 30.9 Å². The summed E-state index contributed by atoms with van der Waals surface area (Å²) in [7, 11) is 2.17. The Morgan fingerprint density at radius 3 is 2.57 bits per heavy atom. The molecule has 1 saturated carbocycles. The van der Waals surface area contributed by atoms with Crippen LogP contribution < -0.4 is 10.6 Å². The molecule has 2 aliphatic rings. The number of nitrogens with one attached hydrogen (secondary N) is 1. The van der Waals surface area contributed by atoms with E-state index in [-0.39, 0.29) is 11.4 Å². The number of nitrogen functional groups attached to an aromatic ring is 1. The molecule has 1 unspecified atom stereocenters. The van der Waals surface area contributed by atoms with E-state index in [9.17, 15) is 0 Å². The second kappa shape index (κ2) is 5.68. The van der Waals surface area contributed by atoms with Crippen molar-refractivity contribution in [3.8, 4) is 0 Å². The third-order valence-electron chi connectivity index (χ3n) is 5.12. The van der Waals surface area contributed by atoms with E-state index in [1.165, 1.54) is 31.4 Å². The van der Waals surface area contributed by atoms with Gasteiger partial charge in [-0.3, -0.25) is 5.41 Å². The molecule has 3 rings (SSSR count). The molecule has 0 radical (unpaired) electrons. The van der Waals surface area contributed by atoms with Crippen LogP contribution in [-0.2, 0) is 4.74 Å². The zero-order chi connectivity index (χ0) is 14.9. The molecule has 4 heteroatoms. The molecule has 1 aliphatic heterocycles. The van der Waals surface area contributed by atoms with Crippen LogP contribution in [0.15, 0.2) is 24.3 Å². The van der Waals surface area contributed by atoms with E-state index in [0.717, 1.165) is 25.0 Å². The number of anilines is 1. The van der Waals surface area contributed by atoms with Crippen LogP contribution in [-0.4, -0.2) is 31.1 Å². The number of amidine groups is 1. The third-order valence-corrected chi connectivity index (χ3v) is 5.12. The summed E-state index contributed by atoms with van der Waals surface area (Å²) in [5.41, 5.74) is 7.64. The number of benzene rings is 1. The summed E-state index contributed by atoms with van der Waals surface area (Å²) in [4.78, 5) is 2.37. The van der Waals surface area contributed by atoms with Crippen molar-refractivity contribution >= 4 is 11.5 Å². The Balaban J connectivity index is 1.71. The largest absolute Gasteiger partial charge is 0.384 e. The van der Waals surface area contributed by atoms with Crippen molar-refractivity contribution in [2.24, 2.45) is 5.73 Å². The molecule has 21 heavy (non-hydrogen) atoms. The number of hydrogen-bond donors (Lipinski definition) is 2. The molecule has 3 N–H and O–H groups in total. The first-order valence-corrected chi connectivity index (χ1v) is 7.91. The van der Waals surface area contributed by atoms with Crippen molar-refractivity contribution in [3.63, 3.8) is 0 Å². The smallest absolute Gasteiger partial charge is 0.122 e. The van der Waals surface area contributed by atoms with E-state index in [1.54, 1.807) is 0 Å². The van der Waals surface area contributed by atoms with E-state index in [4.69, 9.17) is 15.9 Å². The van der Waals surface area contributed by atoms with Crippen molar-refractivity contribution in [1.29, 1.82) is 5.41 Å². The number of nitrogens with two attached hydrogens (primary N) is 1. The van der Waals surface area contributed by atoms with Crippen LogP contribution in [0, 0.1) is 5.41 Å². The SMILES string of the molecule is CN(c1ccc(C(=N)N)cc1)C1CCOC2(CCCC2)C1. The highest BCUT2D eigenvalue weighted by Crippen LogP contribution is 2.41. The van der Waals surface area contributed by atoms with Crippen LogP contribution in [0.2, 0.25) is 0 Å². The highest BCUT2D eigenvalue weighted by Gasteiger charge is 2.40. The monoisotopic (exact) mass is 287 g/mol. The number of ether oxygens (including phenoxy) is 1. The van der Waals surface area contributed by atoms with Gasteiger partial charge in [0.05, 0.1) is 5.60 Å². The Kier molecular flexibility index (Phi) is 3.89. The minimum Gasteiger partial charge on any atom is -0.384 e. The van der Waals surface area contributed by atoms with Crippen LogP contribution in [0.3, 0.4) is 0 Å². The molecule has 1 spiro atoms. The fourth-order valence-corrected chi connectivity index (χ4v) is 3.79. The first kappa shape index (κ1) is 14.4. The summed E-state index contributed by atoms with van der Waals surface area (Å²) in [6.45, 7) is 0.876. The predicted octanol–water partition coefficient (Wildman–Crippen LogP) is 2.90. The molecule has 1 saturated heterocycles. The molecule has 1 aromatic rings. The number of nitrogens with zero attached hydrogens (tertiary/aromatic N) is 1. The Morgan fingerprint density at radius 2 is 1.95 bits per heavy atom. The standard InChI is InChI=1S/C17H25N3O/c1-20(14-6-4-13(5-7-14)16(18)19)15-8-11-21-17(12-15)9-2-3-10-17/h4-7,15H,2-3,8-12H2,1H3,(H3,18,19). The highest BCUT2D eigenvalue weighted by molar-refractivity contribution is 5.95. The molecule has 1 aliphatic carbocycles. The summed E-state index contributed by atoms with van der Waals surface area (Å²) in [6.07, 6.45) is 7.29. The Bertz CT molecular complexity index is 505. The molecule has 1 heterocycles. The average molecular weight is 287 g/mol. The van der Waals surface area contributed by atoms with Gasteiger partial charge in [0.25, 0.3) is 0 Å². The molecule has 114 valence electrons. The fraction of sp³-hybridized carbons (Fsp3) is 0.588. The minimum atomic E-state index is 0.125. The van der Waals surface area contributed by atoms with Gasteiger partial charge in [-0.25, -0.2) is 0 Å². The second-order valence-electron chi connectivity index (χ2n) is 6.46. The van der Waals surface area contributed by atoms with Crippen molar-refractivity contribution in [2.45, 2.75) is 50.2 Å². The lowest BCUT2D eigenvalue weighted by Crippen LogP contribution is -2.46. The lowest BCUT2D eigenvalue weighted by Gasteiger charge is -2.42. The Hall–Kier alpha value is -1.55. The molecule has 1 atom stereocenters. The lowest BCUT2D eigenvalue weighted by atomic mass is 9.88. The number of rotatable bonds is 3. The summed E-state index contributed by atoms with van der Waals surface area (Å²) in [6, 6.07) is 8.53. The van der Waals surface area contributed by atoms with Crippen molar-refractivity contribution in [2.75, 3.05) is 18.6 Å². The zero-order valence-corrected chi connectivity index (χ0v) is 12.8. The van der Waals surface area contributed by atoms with Crippen LogP contribution in [0.4, 0.5) is 5.69 Å². The molecular formula is C17H25N3O. The van der Waals surface area contributed by atoms with Crippen LogP contribution >= 0.6 is 0 Å². The normalized spacial score (nSPS) is 24.1. The van der Waals surface area contributed by atoms with E-state index in [2.05, 4.69) is 24.1 Å². The van der Waals surface area contributed by atoms with Crippen molar-refractivity contribution in [3.05, 3.63) is 29.8 Å². The minimum absolute atomic E-state index is 0.125. The van der Waals surface area contributed by atoms with Gasteiger partial charge in [-0.05, 0) is 49.9 Å². The fourth-order valence-electron chi connectivity index (χ4n) is 3.79. The van der Waals surface area contributed by atoms with Gasteiger partial charge < -0.3 is 15.4 Å². The van der Waals surface area contributed by atoms with Crippen molar-refractivity contribution in [1.82, 2.24) is 0 Å². The Labute approximate surface area is 126 Å². The molecule has 0 aromatic heterocycles. The van der Waals surface area contributed by atoms with Gasteiger partial charge >= 0.3 is 0 Å². The van der Waals surface area contributed by atoms with Gasteiger partial charge in [0.1, 0.15) is 5.84 Å². The van der Waals surface area contributed by atoms with E-state index < -0.39 is 0 Å². The van der Waals surface area contributed by atoms with Crippen LogP contribution in [0.25, 0.3) is 0 Å². The highest BCUT2D eigenvalue weighted by atomic mass is 16.5. The van der Waals surface area contributed by atoms with Crippen LogP contribution in [0.1, 0.15) is 44.1 Å². The van der Waals surface area contributed by atoms with Gasteiger partial charge in [0.15, 0.2) is 0 Å². The molecular weight excluding hydrogens is 262 g/mol. The Morgan fingerprint density at radius 1 is 1.29 bits per heavy atom. The summed E-state index contributed by atoms with van der Waals surface area (Å²) in [5, 5.41) is 7.47. The van der Waals surface area contributed by atoms with E-state index >= 15 is 0 Å². The van der Waals surface area contributed by atoms with Gasteiger partial charge in [-0.1, -0.05) is 12.8 Å². The van der Waals surface area contributed by atoms with Gasteiger partial charge in [-0.15, -0.1) is 0 Å². The van der Waals surface area contributed by atoms with E-state index in [0.29, 0.717) is 6.04 Å². The lowest BCUT2D eigenvalue weighted by molar-refractivity contribution is -0.0795. The van der Waals surface area contributed by atoms with E-state index in [1.807, 2.05) is 12.1 Å². The first-order valence-electron chi connectivity index (χ1n) is 7.91. The third kappa shape index (κ3) is 2.91. The average Bonchev–Trinajstić information content (AvgIpc) is 2.94. The maximum absolute atomic E-state index is 7.47. The number of hydrogen-bond acceptors (Lipinski definition) is 3. The van der Waals surface area contributed by atoms with Crippen LogP contribution in [0.5, 0.6) is 0 Å². The second-order valence-corrected chi connectivity index (χ2v) is 6.46. The van der Waals surface area contributed by atoms with Crippen molar-refractivity contribution < 1.29 is 4.74 Å².